The van der Waals surface area contributed by atoms with E-state index in [1.807, 2.05) is 36.4 Å². The highest BCUT2D eigenvalue weighted by Gasteiger charge is 2.44. The topological polar surface area (TPSA) is 109 Å². The van der Waals surface area contributed by atoms with Crippen molar-refractivity contribution >= 4 is 29.1 Å². The van der Waals surface area contributed by atoms with E-state index in [9.17, 15) is 20.6 Å². The van der Waals surface area contributed by atoms with Gasteiger partial charge < -0.3 is 22.1 Å². The van der Waals surface area contributed by atoms with E-state index >= 15 is 0 Å². The predicted molar refractivity (Wildman–Crippen MR) is 149 cm³/mol. The first-order valence-electron chi connectivity index (χ1n) is 12.7. The Balaban J connectivity index is 0.00000507. The van der Waals surface area contributed by atoms with Gasteiger partial charge in [0.25, 0.3) is 0 Å². The van der Waals surface area contributed by atoms with E-state index in [-0.39, 0.29) is 23.4 Å². The molecule has 0 heterocycles. The monoisotopic (exact) mass is 587 g/mol. The summed E-state index contributed by atoms with van der Waals surface area (Å²) in [5.74, 6) is -0.728. The number of unbranched alkanes of at least 4 members (excludes halogenated alkanes) is 6. The minimum atomic E-state index is -2.12. The summed E-state index contributed by atoms with van der Waals surface area (Å²) in [6, 6.07) is 30.2. The number of hydrogen-bond donors (Lipinski definition) is 1. The summed E-state index contributed by atoms with van der Waals surface area (Å²) >= 11 is 0. The van der Waals surface area contributed by atoms with Crippen LogP contribution in [0.15, 0.2) is 72.8 Å². The average molecular weight is 588 g/mol. The van der Waals surface area contributed by atoms with Crippen LogP contribution in [0.4, 0.5) is 0 Å². The van der Waals surface area contributed by atoms with Gasteiger partial charge in [0.2, 0.25) is 0 Å². The molecule has 0 amide bonds. The van der Waals surface area contributed by atoms with E-state index in [0.29, 0.717) is 16.7 Å². The summed E-state index contributed by atoms with van der Waals surface area (Å²) in [7, 11) is -2.12. The molecule has 0 spiro atoms. The van der Waals surface area contributed by atoms with Gasteiger partial charge in [-0.05, 0) is 92.1 Å². The Morgan fingerprint density at radius 1 is 0.579 bits per heavy atom. The highest BCUT2D eigenvalue weighted by atomic mass is 79.9. The van der Waals surface area contributed by atoms with Gasteiger partial charge in [0.15, 0.2) is 0 Å². The number of aliphatic carboxylic acids is 1. The largest absolute Gasteiger partial charge is 1.00 e. The number of rotatable bonds is 13. The maximum atomic E-state index is 10.7. The summed E-state index contributed by atoms with van der Waals surface area (Å²) in [5, 5.41) is 40.4. The fourth-order valence-electron chi connectivity index (χ4n) is 4.71. The SMILES string of the molecule is N#Cc1ccc([P+](CCCCCCCCCC(=O)O)(c2ccc(C#N)cc2)c2ccc(C#N)cc2)cc1.[Br-]. The summed E-state index contributed by atoms with van der Waals surface area (Å²) in [4.78, 5) is 10.7. The van der Waals surface area contributed by atoms with Crippen molar-refractivity contribution in [1.29, 1.82) is 15.8 Å². The number of carboxylic acid groups (broad SMARTS) is 1. The van der Waals surface area contributed by atoms with Gasteiger partial charge >= 0.3 is 5.97 Å². The van der Waals surface area contributed by atoms with Crippen LogP contribution < -0.4 is 32.9 Å². The Morgan fingerprint density at radius 2 is 0.895 bits per heavy atom. The van der Waals surface area contributed by atoms with Crippen LogP contribution in [0.25, 0.3) is 0 Å². The number of halogens is 1. The van der Waals surface area contributed by atoms with E-state index < -0.39 is 13.2 Å². The molecule has 0 aliphatic carbocycles. The van der Waals surface area contributed by atoms with Crippen molar-refractivity contribution in [3.8, 4) is 18.2 Å². The highest BCUT2D eigenvalue weighted by molar-refractivity contribution is 7.95. The molecular weight excluding hydrogens is 557 g/mol. The molecule has 3 aromatic carbocycles. The molecular formula is C31H31BrN3O2P. The Bertz CT molecular complexity index is 1160. The molecule has 0 saturated heterocycles. The summed E-state index contributed by atoms with van der Waals surface area (Å²) < 4.78 is 0. The smallest absolute Gasteiger partial charge is 0.303 e. The van der Waals surface area contributed by atoms with Gasteiger partial charge in [-0.1, -0.05) is 25.7 Å². The van der Waals surface area contributed by atoms with Gasteiger partial charge in [-0.25, -0.2) is 0 Å². The van der Waals surface area contributed by atoms with E-state index in [4.69, 9.17) is 5.11 Å². The van der Waals surface area contributed by atoms with Crippen molar-refractivity contribution in [2.75, 3.05) is 6.16 Å². The van der Waals surface area contributed by atoms with E-state index in [0.717, 1.165) is 51.1 Å². The molecule has 3 rings (SSSR count). The lowest BCUT2D eigenvalue weighted by molar-refractivity contribution is -0.137. The van der Waals surface area contributed by atoms with Crippen LogP contribution >= 0.6 is 7.26 Å². The van der Waals surface area contributed by atoms with Gasteiger partial charge in [0, 0.05) is 6.42 Å². The number of hydrogen-bond acceptors (Lipinski definition) is 4. The minimum Gasteiger partial charge on any atom is -1.00 e. The van der Waals surface area contributed by atoms with Crippen LogP contribution in [-0.2, 0) is 4.79 Å². The van der Waals surface area contributed by atoms with Crippen LogP contribution in [0.1, 0.15) is 68.1 Å². The van der Waals surface area contributed by atoms with Gasteiger partial charge in [-0.3, -0.25) is 4.79 Å². The molecule has 5 nitrogen and oxygen atoms in total. The molecule has 0 unspecified atom stereocenters. The van der Waals surface area contributed by atoms with Crippen LogP contribution in [0.3, 0.4) is 0 Å². The lowest BCUT2D eigenvalue weighted by Gasteiger charge is -2.28. The Hall–Kier alpha value is -3.49. The lowest BCUT2D eigenvalue weighted by atomic mass is 10.1. The molecule has 0 aromatic heterocycles. The first-order valence-corrected chi connectivity index (χ1v) is 14.6. The lowest BCUT2D eigenvalue weighted by Crippen LogP contribution is -3.00. The predicted octanol–water partition coefficient (Wildman–Crippen LogP) is 2.80. The van der Waals surface area contributed by atoms with Crippen LogP contribution in [0.5, 0.6) is 0 Å². The molecule has 194 valence electrons. The molecule has 0 fully saturated rings. The summed E-state index contributed by atoms with van der Waals surface area (Å²) in [5.41, 5.74) is 1.85. The molecule has 0 bridgehead atoms. The van der Waals surface area contributed by atoms with Crippen molar-refractivity contribution in [2.24, 2.45) is 0 Å². The number of carboxylic acids is 1. The summed E-state index contributed by atoms with van der Waals surface area (Å²) in [6.07, 6.45) is 8.20. The normalized spacial score (nSPS) is 10.4. The Morgan fingerprint density at radius 3 is 1.21 bits per heavy atom. The van der Waals surface area contributed by atoms with Crippen molar-refractivity contribution in [3.63, 3.8) is 0 Å². The molecule has 38 heavy (non-hydrogen) atoms. The van der Waals surface area contributed by atoms with Crippen molar-refractivity contribution < 1.29 is 26.9 Å². The first-order chi connectivity index (χ1) is 18.0. The van der Waals surface area contributed by atoms with Crippen molar-refractivity contribution in [3.05, 3.63) is 89.5 Å². The quantitative estimate of drug-likeness (QED) is 0.244. The molecule has 7 heteroatoms. The third-order valence-electron chi connectivity index (χ3n) is 6.70. The maximum Gasteiger partial charge on any atom is 0.303 e. The second-order valence-electron chi connectivity index (χ2n) is 9.13. The first kappa shape index (κ1) is 30.7. The maximum absolute atomic E-state index is 10.7. The van der Waals surface area contributed by atoms with Gasteiger partial charge in [0.05, 0.1) is 41.1 Å². The molecule has 0 radical (unpaired) electrons. The third-order valence-corrected chi connectivity index (χ3v) is 11.2. The number of carbonyl (C=O) groups is 1. The third kappa shape index (κ3) is 8.00. The van der Waals surface area contributed by atoms with Crippen LogP contribution in [0, 0.1) is 34.0 Å². The number of benzene rings is 3. The van der Waals surface area contributed by atoms with Crippen LogP contribution in [-0.4, -0.2) is 17.2 Å². The Labute approximate surface area is 236 Å². The molecule has 1 N–H and O–H groups in total. The molecule has 0 aliphatic rings. The number of nitriles is 3. The zero-order chi connectivity index (χ0) is 26.5. The van der Waals surface area contributed by atoms with E-state index in [1.165, 1.54) is 15.9 Å². The van der Waals surface area contributed by atoms with E-state index in [1.54, 1.807) is 0 Å². The fourth-order valence-corrected chi connectivity index (χ4v) is 9.06. The minimum absolute atomic E-state index is 0. The molecule has 0 aliphatic heterocycles. The van der Waals surface area contributed by atoms with E-state index in [2.05, 4.69) is 54.6 Å². The highest BCUT2D eigenvalue weighted by Crippen LogP contribution is 2.56. The number of nitrogens with zero attached hydrogens (tertiary/aromatic N) is 3. The molecule has 3 aromatic rings. The second-order valence-corrected chi connectivity index (χ2v) is 12.7. The zero-order valence-corrected chi connectivity index (χ0v) is 23.8. The van der Waals surface area contributed by atoms with Crippen molar-refractivity contribution in [1.82, 2.24) is 0 Å². The van der Waals surface area contributed by atoms with Gasteiger partial charge in [0.1, 0.15) is 23.2 Å². The standard InChI is InChI=1S/C31H30N3O2P.BrH/c32-22-25-9-15-28(16-10-25)37(29-17-11-26(23-33)12-18-29,30-19-13-27(24-34)14-20-30)21-7-5-3-1-2-4-6-8-31(35)36;/h9-20H,1-8,21H2;1H. The van der Waals surface area contributed by atoms with Gasteiger partial charge in [-0.2, -0.15) is 15.8 Å². The van der Waals surface area contributed by atoms with Crippen molar-refractivity contribution in [2.45, 2.75) is 51.4 Å². The fraction of sp³-hybridized carbons (Fsp3) is 0.290. The molecule has 0 atom stereocenters. The molecule has 0 saturated carbocycles. The van der Waals surface area contributed by atoms with Gasteiger partial charge in [-0.15, -0.1) is 0 Å². The summed E-state index contributed by atoms with van der Waals surface area (Å²) in [6.45, 7) is 0. The average Bonchev–Trinajstić information content (AvgIpc) is 2.94. The second kappa shape index (κ2) is 15.7. The van der Waals surface area contributed by atoms with Crippen LogP contribution in [0.2, 0.25) is 0 Å². The zero-order valence-electron chi connectivity index (χ0n) is 21.3. The Kier molecular flexibility index (Phi) is 12.7.